The molecule has 2 fully saturated rings. The number of urea groups is 1. The first kappa shape index (κ1) is 20.7. The zero-order valence-electron chi connectivity index (χ0n) is 18.3. The summed E-state index contributed by atoms with van der Waals surface area (Å²) >= 11 is 0. The van der Waals surface area contributed by atoms with Crippen LogP contribution in [0.2, 0.25) is 0 Å². The van der Waals surface area contributed by atoms with E-state index in [1.54, 1.807) is 0 Å². The van der Waals surface area contributed by atoms with Gasteiger partial charge in [0.25, 0.3) is 0 Å². The largest absolute Gasteiger partial charge is 0.354 e. The van der Waals surface area contributed by atoms with E-state index in [1.807, 2.05) is 6.07 Å². The Labute approximate surface area is 187 Å². The second-order valence-electron chi connectivity index (χ2n) is 8.94. The number of carbonyl (C=O) groups is 2. The van der Waals surface area contributed by atoms with Crippen LogP contribution in [0.15, 0.2) is 47.0 Å². The fourth-order valence-corrected chi connectivity index (χ4v) is 4.77. The molecule has 166 valence electrons. The molecule has 0 saturated carbocycles. The molecule has 0 aliphatic carbocycles. The molecule has 3 heterocycles. The van der Waals surface area contributed by atoms with E-state index < -0.39 is 6.03 Å². The highest BCUT2D eigenvalue weighted by atomic mass is 16.5. The lowest BCUT2D eigenvalue weighted by Gasteiger charge is -2.32. The van der Waals surface area contributed by atoms with Gasteiger partial charge in [0.1, 0.15) is 0 Å². The van der Waals surface area contributed by atoms with Gasteiger partial charge < -0.3 is 4.52 Å². The summed E-state index contributed by atoms with van der Waals surface area (Å²) in [5.74, 6) is 0.869. The third kappa shape index (κ3) is 4.25. The Balaban J connectivity index is 1.24. The molecule has 32 heavy (non-hydrogen) atoms. The lowest BCUT2D eigenvalue weighted by atomic mass is 9.89. The summed E-state index contributed by atoms with van der Waals surface area (Å²) in [4.78, 5) is 27.7. The molecular weight excluding hydrogens is 404 g/mol. The number of hydrogen-bond donors (Lipinski definition) is 1. The van der Waals surface area contributed by atoms with Crippen molar-refractivity contribution in [2.24, 2.45) is 5.92 Å². The van der Waals surface area contributed by atoms with Crippen LogP contribution in [0.25, 0.3) is 11.0 Å². The molecule has 2 aliphatic heterocycles. The van der Waals surface area contributed by atoms with Crippen LogP contribution in [-0.2, 0) is 17.8 Å². The Bertz CT molecular complexity index is 1150. The SMILES string of the molecule is Cc1ccccc1CN1CCC(Cc2ccc3onc(N4CCC(=O)NC4=O)c3c2)CC1. The Morgan fingerprint density at radius 2 is 1.91 bits per heavy atom. The minimum Gasteiger partial charge on any atom is -0.354 e. The van der Waals surface area contributed by atoms with Gasteiger partial charge in [0.15, 0.2) is 11.4 Å². The Morgan fingerprint density at radius 3 is 2.69 bits per heavy atom. The second kappa shape index (κ2) is 8.74. The maximum Gasteiger partial charge on any atom is 0.329 e. The molecule has 7 nitrogen and oxygen atoms in total. The van der Waals surface area contributed by atoms with Crippen LogP contribution in [0.1, 0.15) is 36.0 Å². The van der Waals surface area contributed by atoms with Crippen LogP contribution in [0.4, 0.5) is 10.6 Å². The number of piperidine rings is 1. The first-order chi connectivity index (χ1) is 15.6. The summed E-state index contributed by atoms with van der Waals surface area (Å²) in [6, 6.07) is 14.3. The van der Waals surface area contributed by atoms with E-state index in [4.69, 9.17) is 4.52 Å². The van der Waals surface area contributed by atoms with E-state index in [-0.39, 0.29) is 12.3 Å². The van der Waals surface area contributed by atoms with Crippen LogP contribution >= 0.6 is 0 Å². The number of nitrogens with one attached hydrogen (secondary N) is 1. The molecule has 0 atom stereocenters. The standard InChI is InChI=1S/C25H28N4O3/c1-17-4-2-3-5-20(17)16-28-11-8-18(9-12-28)14-19-6-7-22-21(15-19)24(27-32-22)29-13-10-23(30)26-25(29)31/h2-7,15,18H,8-14,16H2,1H3,(H,26,30,31). The molecule has 0 bridgehead atoms. The molecule has 2 aliphatic rings. The monoisotopic (exact) mass is 432 g/mol. The quantitative estimate of drug-likeness (QED) is 0.658. The smallest absolute Gasteiger partial charge is 0.329 e. The van der Waals surface area contributed by atoms with Gasteiger partial charge in [0.05, 0.1) is 5.39 Å². The summed E-state index contributed by atoms with van der Waals surface area (Å²) in [7, 11) is 0. The lowest BCUT2D eigenvalue weighted by molar-refractivity contribution is -0.120. The number of carbonyl (C=O) groups excluding carboxylic acids is 2. The molecule has 0 radical (unpaired) electrons. The normalized spacial score (nSPS) is 18.3. The average molecular weight is 433 g/mol. The number of aryl methyl sites for hydroxylation is 1. The highest BCUT2D eigenvalue weighted by Crippen LogP contribution is 2.30. The Kier molecular flexibility index (Phi) is 5.66. The van der Waals surface area contributed by atoms with Crippen LogP contribution in [0, 0.1) is 12.8 Å². The van der Waals surface area contributed by atoms with Crippen molar-refractivity contribution in [3.05, 3.63) is 59.2 Å². The number of benzene rings is 2. The third-order valence-corrected chi connectivity index (χ3v) is 6.71. The Hall–Kier alpha value is -3.19. The zero-order valence-corrected chi connectivity index (χ0v) is 18.3. The summed E-state index contributed by atoms with van der Waals surface area (Å²) in [5, 5.41) is 7.28. The van der Waals surface area contributed by atoms with E-state index in [1.165, 1.54) is 34.4 Å². The molecule has 5 rings (SSSR count). The zero-order chi connectivity index (χ0) is 22.1. The third-order valence-electron chi connectivity index (χ3n) is 6.71. The highest BCUT2D eigenvalue weighted by Gasteiger charge is 2.28. The van der Waals surface area contributed by atoms with E-state index in [0.717, 1.165) is 31.4 Å². The molecule has 1 aromatic heterocycles. The van der Waals surface area contributed by atoms with Gasteiger partial charge in [-0.1, -0.05) is 35.5 Å². The predicted molar refractivity (Wildman–Crippen MR) is 122 cm³/mol. The lowest BCUT2D eigenvalue weighted by Crippen LogP contribution is -2.49. The minimum atomic E-state index is -0.442. The molecule has 0 unspecified atom stereocenters. The maximum atomic E-state index is 12.2. The summed E-state index contributed by atoms with van der Waals surface area (Å²) < 4.78 is 5.44. The van der Waals surface area contributed by atoms with E-state index in [2.05, 4.69) is 58.7 Å². The number of anilines is 1. The minimum absolute atomic E-state index is 0.256. The summed E-state index contributed by atoms with van der Waals surface area (Å²) in [5.41, 5.74) is 4.66. The van der Waals surface area contributed by atoms with Crippen molar-refractivity contribution in [1.82, 2.24) is 15.4 Å². The van der Waals surface area contributed by atoms with Crippen molar-refractivity contribution in [1.29, 1.82) is 0 Å². The predicted octanol–water partition coefficient (Wildman–Crippen LogP) is 4.04. The van der Waals surface area contributed by atoms with Crippen molar-refractivity contribution in [3.63, 3.8) is 0 Å². The van der Waals surface area contributed by atoms with E-state index >= 15 is 0 Å². The van der Waals surface area contributed by atoms with Crippen molar-refractivity contribution < 1.29 is 14.1 Å². The maximum absolute atomic E-state index is 12.2. The number of fused-ring (bicyclic) bond motifs is 1. The van der Waals surface area contributed by atoms with Crippen LogP contribution in [-0.4, -0.2) is 41.6 Å². The molecule has 2 saturated heterocycles. The first-order valence-corrected chi connectivity index (χ1v) is 11.3. The number of imide groups is 1. The van der Waals surface area contributed by atoms with Crippen molar-refractivity contribution >= 4 is 28.7 Å². The molecule has 1 N–H and O–H groups in total. The van der Waals surface area contributed by atoms with Gasteiger partial charge in [-0.2, -0.15) is 0 Å². The first-order valence-electron chi connectivity index (χ1n) is 11.3. The second-order valence-corrected chi connectivity index (χ2v) is 8.94. The van der Waals surface area contributed by atoms with Gasteiger partial charge >= 0.3 is 6.03 Å². The number of hydrogen-bond acceptors (Lipinski definition) is 5. The van der Waals surface area contributed by atoms with Crippen molar-refractivity contribution in [2.45, 2.75) is 39.2 Å². The number of likely N-dealkylation sites (tertiary alicyclic amines) is 1. The fraction of sp³-hybridized carbons (Fsp3) is 0.400. The van der Waals surface area contributed by atoms with Gasteiger partial charge in [-0.15, -0.1) is 0 Å². The number of aromatic nitrogens is 1. The molecule has 3 amide bonds. The van der Waals surface area contributed by atoms with Crippen molar-refractivity contribution in [2.75, 3.05) is 24.5 Å². The number of amides is 3. The fourth-order valence-electron chi connectivity index (χ4n) is 4.77. The van der Waals surface area contributed by atoms with Gasteiger partial charge in [0.2, 0.25) is 5.91 Å². The van der Waals surface area contributed by atoms with Gasteiger partial charge in [0, 0.05) is 19.5 Å². The van der Waals surface area contributed by atoms with Gasteiger partial charge in [-0.25, -0.2) is 4.79 Å². The number of nitrogens with zero attached hydrogens (tertiary/aromatic N) is 3. The van der Waals surface area contributed by atoms with Gasteiger partial charge in [-0.3, -0.25) is 19.9 Å². The topological polar surface area (TPSA) is 78.7 Å². The van der Waals surface area contributed by atoms with E-state index in [9.17, 15) is 9.59 Å². The molecular formula is C25H28N4O3. The van der Waals surface area contributed by atoms with Crippen LogP contribution in [0.5, 0.6) is 0 Å². The van der Waals surface area contributed by atoms with Crippen LogP contribution < -0.4 is 10.2 Å². The highest BCUT2D eigenvalue weighted by molar-refractivity contribution is 6.08. The van der Waals surface area contributed by atoms with Crippen molar-refractivity contribution in [3.8, 4) is 0 Å². The number of rotatable bonds is 5. The molecule has 7 heteroatoms. The molecule has 2 aromatic carbocycles. The summed E-state index contributed by atoms with van der Waals surface area (Å²) in [6.07, 6.45) is 3.62. The molecule has 3 aromatic rings. The average Bonchev–Trinajstić information content (AvgIpc) is 3.20. The molecule has 0 spiro atoms. The Morgan fingerprint density at radius 1 is 1.09 bits per heavy atom. The van der Waals surface area contributed by atoms with E-state index in [0.29, 0.717) is 23.9 Å². The van der Waals surface area contributed by atoms with Crippen LogP contribution in [0.3, 0.4) is 0 Å². The summed E-state index contributed by atoms with van der Waals surface area (Å²) in [6.45, 7) is 5.75. The van der Waals surface area contributed by atoms with Gasteiger partial charge in [-0.05, 0) is 74.0 Å².